The van der Waals surface area contributed by atoms with Crippen molar-refractivity contribution >= 4 is 11.9 Å². The number of unbranched alkanes of at least 4 members (excludes halogenated alkanes) is 19. The molecule has 0 aliphatic rings. The number of benzene rings is 1. The monoisotopic (exact) mass is 744 g/mol. The Morgan fingerprint density at radius 1 is 0.528 bits per heavy atom. The van der Waals surface area contributed by atoms with E-state index in [2.05, 4.69) is 49.9 Å². The van der Waals surface area contributed by atoms with Crippen LogP contribution >= 0.6 is 0 Å². The van der Waals surface area contributed by atoms with Gasteiger partial charge in [0.25, 0.3) is 0 Å². The first-order chi connectivity index (χ1) is 26.0. The zero-order valence-electron chi connectivity index (χ0n) is 35.2. The van der Waals surface area contributed by atoms with Crippen LogP contribution in [-0.2, 0) is 31.9 Å². The summed E-state index contributed by atoms with van der Waals surface area (Å²) in [6.07, 6.45) is 33.8. The van der Waals surface area contributed by atoms with E-state index in [1.165, 1.54) is 101 Å². The Bertz CT molecular complexity index is 935. The fraction of sp³-hybridized carbons (Fsp3) is 0.830. The number of aliphatic hydroxyl groups is 1. The molecule has 6 heteroatoms. The minimum Gasteiger partial charge on any atom is -0.465 e. The maximum absolute atomic E-state index is 12.7. The van der Waals surface area contributed by atoms with Gasteiger partial charge in [0.1, 0.15) is 6.10 Å². The molecule has 0 bridgehead atoms. The van der Waals surface area contributed by atoms with E-state index in [1.54, 1.807) is 0 Å². The van der Waals surface area contributed by atoms with Crippen LogP contribution in [0.5, 0.6) is 0 Å². The molecule has 0 aromatic heterocycles. The van der Waals surface area contributed by atoms with Crippen LogP contribution in [0.15, 0.2) is 24.3 Å². The third kappa shape index (κ3) is 31.0. The number of rotatable bonds is 39. The predicted octanol–water partition coefficient (Wildman–Crippen LogP) is 12.5. The number of aliphatic hydroxyl groups excluding tert-OH is 1. The van der Waals surface area contributed by atoms with Crippen molar-refractivity contribution in [1.29, 1.82) is 0 Å². The number of ether oxygens (including phenoxy) is 2. The number of hydrogen-bond donors (Lipinski definition) is 1. The molecule has 0 saturated heterocycles. The van der Waals surface area contributed by atoms with E-state index in [1.807, 2.05) is 0 Å². The van der Waals surface area contributed by atoms with Gasteiger partial charge in [-0.1, -0.05) is 154 Å². The van der Waals surface area contributed by atoms with Crippen molar-refractivity contribution < 1.29 is 24.2 Å². The summed E-state index contributed by atoms with van der Waals surface area (Å²) in [4.78, 5) is 27.3. The maximum atomic E-state index is 12.7. The summed E-state index contributed by atoms with van der Waals surface area (Å²) < 4.78 is 11.5. The van der Waals surface area contributed by atoms with E-state index >= 15 is 0 Å². The van der Waals surface area contributed by atoms with Crippen LogP contribution in [-0.4, -0.2) is 60.9 Å². The number of nitrogens with zero attached hydrogens (tertiary/aromatic N) is 1. The van der Waals surface area contributed by atoms with Gasteiger partial charge in [0.05, 0.1) is 13.2 Å². The molecule has 0 heterocycles. The van der Waals surface area contributed by atoms with Crippen molar-refractivity contribution in [2.75, 3.05) is 32.8 Å². The molecule has 1 rings (SSSR count). The van der Waals surface area contributed by atoms with Gasteiger partial charge >= 0.3 is 11.9 Å². The first-order valence-corrected chi connectivity index (χ1v) is 22.8. The summed E-state index contributed by atoms with van der Waals surface area (Å²) in [5.74, 6) is -0.0688. The summed E-state index contributed by atoms with van der Waals surface area (Å²) in [5, 5.41) is 9.57. The zero-order chi connectivity index (χ0) is 38.5. The van der Waals surface area contributed by atoms with E-state index in [9.17, 15) is 14.7 Å². The molecular formula is C47H85NO5. The highest BCUT2D eigenvalue weighted by atomic mass is 16.5. The molecule has 1 aromatic rings. The average Bonchev–Trinajstić information content (AvgIpc) is 3.16. The molecule has 0 aliphatic carbocycles. The van der Waals surface area contributed by atoms with Gasteiger partial charge in [-0.3, -0.25) is 9.59 Å². The molecule has 53 heavy (non-hydrogen) atoms. The summed E-state index contributed by atoms with van der Waals surface area (Å²) in [7, 11) is 0. The summed E-state index contributed by atoms with van der Waals surface area (Å²) in [6.45, 7) is 10.2. The highest BCUT2D eigenvalue weighted by Crippen LogP contribution is 2.18. The minimum absolute atomic E-state index is 0.0100. The SMILES string of the molecule is CCCCCCCCC(CCCCCCCC)OC(=O)CCCCCCCN(CCO)CCCCCCCC(=O)OCCc1ccc(CCCC)cc1. The third-order valence-electron chi connectivity index (χ3n) is 10.7. The Kier molecular flexibility index (Phi) is 34.3. The lowest BCUT2D eigenvalue weighted by Crippen LogP contribution is -2.29. The van der Waals surface area contributed by atoms with E-state index in [0.717, 1.165) is 110 Å². The molecule has 6 nitrogen and oxygen atoms in total. The second-order valence-electron chi connectivity index (χ2n) is 15.7. The molecular weight excluding hydrogens is 659 g/mol. The summed E-state index contributed by atoms with van der Waals surface area (Å²) in [6, 6.07) is 8.71. The predicted molar refractivity (Wildman–Crippen MR) is 225 cm³/mol. The minimum atomic E-state index is -0.0788. The lowest BCUT2D eigenvalue weighted by molar-refractivity contribution is -0.150. The Labute approximate surface area is 327 Å². The van der Waals surface area contributed by atoms with Crippen LogP contribution in [0.3, 0.4) is 0 Å². The molecule has 308 valence electrons. The van der Waals surface area contributed by atoms with Crippen molar-refractivity contribution in [3.8, 4) is 0 Å². The first kappa shape index (κ1) is 49.1. The topological polar surface area (TPSA) is 76.1 Å². The van der Waals surface area contributed by atoms with E-state index < -0.39 is 0 Å². The van der Waals surface area contributed by atoms with Crippen molar-refractivity contribution in [1.82, 2.24) is 4.90 Å². The molecule has 0 aliphatic heterocycles. The molecule has 0 amide bonds. The van der Waals surface area contributed by atoms with Crippen LogP contribution < -0.4 is 0 Å². The lowest BCUT2D eigenvalue weighted by Gasteiger charge is -2.21. The van der Waals surface area contributed by atoms with Crippen LogP contribution in [0.1, 0.15) is 212 Å². The average molecular weight is 744 g/mol. The van der Waals surface area contributed by atoms with Crippen LogP contribution in [0.2, 0.25) is 0 Å². The van der Waals surface area contributed by atoms with Gasteiger partial charge in [-0.25, -0.2) is 0 Å². The standard InChI is InChI=1S/C47H85NO5/c1-4-7-10-12-16-22-29-45(30-23-17-13-11-8-5-2)53-47(51)32-25-19-15-21-27-39-48(40-41-49)38-26-20-14-18-24-31-46(50)52-42-37-44-35-33-43(34-36-44)28-9-6-3/h33-36,45,49H,4-32,37-42H2,1-3H3. The van der Waals surface area contributed by atoms with E-state index in [-0.39, 0.29) is 24.6 Å². The van der Waals surface area contributed by atoms with Gasteiger partial charge in [-0.15, -0.1) is 0 Å². The first-order valence-electron chi connectivity index (χ1n) is 22.8. The fourth-order valence-electron chi connectivity index (χ4n) is 7.17. The van der Waals surface area contributed by atoms with Gasteiger partial charge < -0.3 is 19.5 Å². The normalized spacial score (nSPS) is 11.5. The largest absolute Gasteiger partial charge is 0.465 e. The number of esters is 2. The Hall–Kier alpha value is -1.92. The molecule has 0 fully saturated rings. The highest BCUT2D eigenvalue weighted by molar-refractivity contribution is 5.69. The number of aryl methyl sites for hydroxylation is 1. The molecule has 0 atom stereocenters. The fourth-order valence-corrected chi connectivity index (χ4v) is 7.17. The smallest absolute Gasteiger partial charge is 0.306 e. The third-order valence-corrected chi connectivity index (χ3v) is 10.7. The molecule has 0 saturated carbocycles. The van der Waals surface area contributed by atoms with Crippen LogP contribution in [0.25, 0.3) is 0 Å². The second kappa shape index (κ2) is 37.0. The number of hydrogen-bond acceptors (Lipinski definition) is 6. The molecule has 0 spiro atoms. The molecule has 0 unspecified atom stereocenters. The van der Waals surface area contributed by atoms with Crippen molar-refractivity contribution in [2.45, 2.75) is 219 Å². The van der Waals surface area contributed by atoms with Crippen molar-refractivity contribution in [3.63, 3.8) is 0 Å². The summed E-state index contributed by atoms with van der Waals surface area (Å²) in [5.41, 5.74) is 2.61. The molecule has 0 radical (unpaired) electrons. The van der Waals surface area contributed by atoms with Crippen LogP contribution in [0, 0.1) is 0 Å². The van der Waals surface area contributed by atoms with Gasteiger partial charge in [0.15, 0.2) is 0 Å². The highest BCUT2D eigenvalue weighted by Gasteiger charge is 2.14. The Morgan fingerprint density at radius 3 is 1.47 bits per heavy atom. The lowest BCUT2D eigenvalue weighted by atomic mass is 10.0. The summed E-state index contributed by atoms with van der Waals surface area (Å²) >= 11 is 0. The van der Waals surface area contributed by atoms with E-state index in [4.69, 9.17) is 9.47 Å². The molecule has 1 N–H and O–H groups in total. The second-order valence-corrected chi connectivity index (χ2v) is 15.7. The van der Waals surface area contributed by atoms with Gasteiger partial charge in [0, 0.05) is 25.8 Å². The van der Waals surface area contributed by atoms with Crippen molar-refractivity contribution in [3.05, 3.63) is 35.4 Å². The maximum Gasteiger partial charge on any atom is 0.306 e. The number of carbonyl (C=O) groups excluding carboxylic acids is 2. The van der Waals surface area contributed by atoms with E-state index in [0.29, 0.717) is 19.4 Å². The quantitative estimate of drug-likeness (QED) is 0.0534. The van der Waals surface area contributed by atoms with Crippen LogP contribution in [0.4, 0.5) is 0 Å². The Morgan fingerprint density at radius 2 is 0.962 bits per heavy atom. The van der Waals surface area contributed by atoms with Gasteiger partial charge in [-0.05, 0) is 88.4 Å². The van der Waals surface area contributed by atoms with Crippen molar-refractivity contribution in [2.24, 2.45) is 0 Å². The van der Waals surface area contributed by atoms with Gasteiger partial charge in [-0.2, -0.15) is 0 Å². The Balaban J connectivity index is 2.10. The molecule has 1 aromatic carbocycles. The zero-order valence-corrected chi connectivity index (χ0v) is 35.2. The number of carbonyl (C=O) groups is 2. The van der Waals surface area contributed by atoms with Gasteiger partial charge in [0.2, 0.25) is 0 Å².